The molecule has 76 valence electrons. The number of nitro groups is 1. The Hall–Kier alpha value is -1.74. The first kappa shape index (κ1) is 9.80. The van der Waals surface area contributed by atoms with Crippen LogP contribution < -0.4 is 4.52 Å². The molecule has 0 amide bonds. The van der Waals surface area contributed by atoms with Crippen molar-refractivity contribution in [2.45, 2.75) is 0 Å². The van der Waals surface area contributed by atoms with Crippen LogP contribution in [-0.4, -0.2) is 9.91 Å². The number of fused-ring (bicyclic) bond motifs is 1. The van der Waals surface area contributed by atoms with Gasteiger partial charge in [-0.3, -0.25) is 15.1 Å². The summed E-state index contributed by atoms with van der Waals surface area (Å²) in [7, 11) is 2.07. The number of rotatable bonds is 2. The molecule has 0 fully saturated rings. The summed E-state index contributed by atoms with van der Waals surface area (Å²) >= 11 is 0. The van der Waals surface area contributed by atoms with Crippen LogP contribution in [0.5, 0.6) is 5.75 Å². The second-order valence-electron chi connectivity index (χ2n) is 2.89. The van der Waals surface area contributed by atoms with Gasteiger partial charge in [-0.25, -0.2) is 0 Å². The summed E-state index contributed by atoms with van der Waals surface area (Å²) in [6.07, 6.45) is 1.51. The van der Waals surface area contributed by atoms with Gasteiger partial charge in [0, 0.05) is 6.07 Å². The van der Waals surface area contributed by atoms with E-state index in [4.69, 9.17) is 4.52 Å². The van der Waals surface area contributed by atoms with Gasteiger partial charge < -0.3 is 4.52 Å². The van der Waals surface area contributed by atoms with Crippen molar-refractivity contribution in [2.24, 2.45) is 0 Å². The first-order valence-corrected chi connectivity index (χ1v) is 4.59. The molecule has 1 aromatic carbocycles. The maximum atomic E-state index is 10.7. The molecule has 1 heterocycles. The predicted molar refractivity (Wildman–Crippen MR) is 58.7 cm³/mol. The van der Waals surface area contributed by atoms with Crippen LogP contribution in [0, 0.1) is 10.1 Å². The van der Waals surface area contributed by atoms with Gasteiger partial charge in [-0.2, -0.15) is 0 Å². The van der Waals surface area contributed by atoms with Gasteiger partial charge in [0.25, 0.3) is 5.69 Å². The molecule has 6 heteroatoms. The third-order valence-electron chi connectivity index (χ3n) is 2.01. The van der Waals surface area contributed by atoms with Crippen molar-refractivity contribution in [2.75, 3.05) is 0 Å². The van der Waals surface area contributed by atoms with Gasteiger partial charge in [-0.1, -0.05) is 6.07 Å². The van der Waals surface area contributed by atoms with Crippen molar-refractivity contribution >= 4 is 26.1 Å². The Bertz CT molecular complexity index is 530. The molecule has 1 aromatic heterocycles. The number of aromatic nitrogens is 1. The highest BCUT2D eigenvalue weighted by molar-refractivity contribution is 7.10. The van der Waals surface area contributed by atoms with E-state index in [1.165, 1.54) is 12.3 Å². The number of non-ortho nitro benzene ring substituents is 1. The number of nitro benzene ring substituents is 1. The molecule has 15 heavy (non-hydrogen) atoms. The van der Waals surface area contributed by atoms with Crippen LogP contribution in [0.15, 0.2) is 30.5 Å². The molecule has 0 aliphatic heterocycles. The largest absolute Gasteiger partial charge is 0.479 e. The van der Waals surface area contributed by atoms with E-state index in [-0.39, 0.29) is 5.69 Å². The van der Waals surface area contributed by atoms with E-state index in [9.17, 15) is 10.1 Å². The van der Waals surface area contributed by atoms with Crippen LogP contribution in [0.3, 0.4) is 0 Å². The zero-order chi connectivity index (χ0) is 10.8. The van der Waals surface area contributed by atoms with Crippen molar-refractivity contribution in [3.63, 3.8) is 0 Å². The lowest BCUT2D eigenvalue weighted by molar-refractivity contribution is -0.383. The van der Waals surface area contributed by atoms with Crippen molar-refractivity contribution in [3.05, 3.63) is 40.6 Å². The molecule has 2 aromatic rings. The molecule has 5 nitrogen and oxygen atoms in total. The van der Waals surface area contributed by atoms with Crippen molar-refractivity contribution in [3.8, 4) is 5.75 Å². The van der Waals surface area contributed by atoms with E-state index in [0.29, 0.717) is 16.7 Å². The number of hydrogen-bond acceptors (Lipinski definition) is 4. The van der Waals surface area contributed by atoms with Gasteiger partial charge in [0.1, 0.15) is 5.75 Å². The highest BCUT2D eigenvalue weighted by Crippen LogP contribution is 2.27. The lowest BCUT2D eigenvalue weighted by Gasteiger charge is -2.01. The first-order chi connectivity index (χ1) is 7.22. The summed E-state index contributed by atoms with van der Waals surface area (Å²) in [5.74, 6) is 0.474. The summed E-state index contributed by atoms with van der Waals surface area (Å²) in [6, 6.07) is 6.35. The predicted octanol–water partition coefficient (Wildman–Crippen LogP) is 2.31. The molecule has 0 bridgehead atoms. The molecular weight excluding hydrogens is 215 g/mol. The van der Waals surface area contributed by atoms with Gasteiger partial charge in [-0.15, -0.1) is 0 Å². The second kappa shape index (κ2) is 3.79. The minimum atomic E-state index is -0.434. The summed E-state index contributed by atoms with van der Waals surface area (Å²) in [6.45, 7) is 0. The summed E-state index contributed by atoms with van der Waals surface area (Å²) in [5, 5.41) is 11.2. The third-order valence-corrected chi connectivity index (χ3v) is 2.28. The standard InChI is InChI=1S/C9H7N2O3P/c12-11(13)9-3-1-2-8-7(9)4-6(14-15)5-10-8/h1-5H,15H2. The fourth-order valence-corrected chi connectivity index (χ4v) is 1.47. The minimum absolute atomic E-state index is 0.0314. The van der Waals surface area contributed by atoms with Crippen LogP contribution in [-0.2, 0) is 0 Å². The quantitative estimate of drug-likeness (QED) is 0.444. The topological polar surface area (TPSA) is 65.3 Å². The molecule has 0 radical (unpaired) electrons. The average Bonchev–Trinajstić information content (AvgIpc) is 2.27. The molecule has 0 N–H and O–H groups in total. The van der Waals surface area contributed by atoms with Crippen LogP contribution in [0.4, 0.5) is 5.69 Å². The third kappa shape index (κ3) is 1.74. The van der Waals surface area contributed by atoms with Crippen LogP contribution in [0.25, 0.3) is 10.9 Å². The SMILES string of the molecule is O=[N+]([O-])c1cccc2ncc(OP)cc12. The van der Waals surface area contributed by atoms with Gasteiger partial charge in [0.15, 0.2) is 0 Å². The van der Waals surface area contributed by atoms with Crippen molar-refractivity contribution < 1.29 is 9.45 Å². The van der Waals surface area contributed by atoms with Gasteiger partial charge in [0.05, 0.1) is 31.5 Å². The average molecular weight is 222 g/mol. The highest BCUT2D eigenvalue weighted by Gasteiger charge is 2.12. The fourth-order valence-electron chi connectivity index (χ4n) is 1.34. The number of nitrogens with zero attached hydrogens (tertiary/aromatic N) is 2. The number of pyridine rings is 1. The fraction of sp³-hybridized carbons (Fsp3) is 0. The van der Waals surface area contributed by atoms with Gasteiger partial charge in [0.2, 0.25) is 0 Å². The molecule has 2 rings (SSSR count). The van der Waals surface area contributed by atoms with Crippen LogP contribution in [0.2, 0.25) is 0 Å². The maximum absolute atomic E-state index is 10.7. The molecule has 0 spiro atoms. The Balaban J connectivity index is 2.76. The van der Waals surface area contributed by atoms with E-state index in [1.807, 2.05) is 0 Å². The molecular formula is C9H7N2O3P. The van der Waals surface area contributed by atoms with E-state index in [0.717, 1.165) is 0 Å². The summed E-state index contributed by atoms with van der Waals surface area (Å²) in [4.78, 5) is 14.4. The lowest BCUT2D eigenvalue weighted by Crippen LogP contribution is -1.90. The lowest BCUT2D eigenvalue weighted by atomic mass is 10.2. The van der Waals surface area contributed by atoms with Gasteiger partial charge >= 0.3 is 0 Å². The van der Waals surface area contributed by atoms with Crippen molar-refractivity contribution in [1.82, 2.24) is 4.98 Å². The van der Waals surface area contributed by atoms with E-state index in [2.05, 4.69) is 14.5 Å². The zero-order valence-electron chi connectivity index (χ0n) is 7.58. The monoisotopic (exact) mass is 222 g/mol. The highest BCUT2D eigenvalue weighted by atomic mass is 31.0. The maximum Gasteiger partial charge on any atom is 0.278 e. The Morgan fingerprint density at radius 3 is 2.93 bits per heavy atom. The molecule has 0 aliphatic carbocycles. The molecule has 0 aliphatic rings. The molecule has 0 saturated heterocycles. The summed E-state index contributed by atoms with van der Waals surface area (Å²) in [5.41, 5.74) is 0.610. The van der Waals surface area contributed by atoms with Gasteiger partial charge in [-0.05, 0) is 12.1 Å². The van der Waals surface area contributed by atoms with E-state index in [1.54, 1.807) is 18.2 Å². The van der Waals surface area contributed by atoms with E-state index >= 15 is 0 Å². The molecule has 1 atom stereocenters. The minimum Gasteiger partial charge on any atom is -0.479 e. The van der Waals surface area contributed by atoms with Crippen molar-refractivity contribution in [1.29, 1.82) is 0 Å². The van der Waals surface area contributed by atoms with Crippen LogP contribution >= 0.6 is 9.47 Å². The number of benzene rings is 1. The zero-order valence-corrected chi connectivity index (χ0v) is 8.74. The normalized spacial score (nSPS) is 10.2. The van der Waals surface area contributed by atoms with E-state index < -0.39 is 4.92 Å². The Kier molecular flexibility index (Phi) is 2.47. The van der Waals surface area contributed by atoms with Crippen LogP contribution in [0.1, 0.15) is 0 Å². The second-order valence-corrected chi connectivity index (χ2v) is 3.13. The number of hydrogen-bond donors (Lipinski definition) is 0. The first-order valence-electron chi connectivity index (χ1n) is 4.12. The Labute approximate surface area is 87.5 Å². The smallest absolute Gasteiger partial charge is 0.278 e. The molecule has 0 saturated carbocycles. The summed E-state index contributed by atoms with van der Waals surface area (Å²) < 4.78 is 4.89. The Morgan fingerprint density at radius 1 is 1.47 bits per heavy atom. The molecule has 1 unspecified atom stereocenters. The Morgan fingerprint density at radius 2 is 2.27 bits per heavy atom.